The molecule has 2 aromatic heterocycles. The molecule has 0 aliphatic heterocycles. The third-order valence-corrected chi connectivity index (χ3v) is 3.28. The maximum absolute atomic E-state index is 12.1. The van der Waals surface area contributed by atoms with Gasteiger partial charge in [-0.15, -0.1) is 5.10 Å². The van der Waals surface area contributed by atoms with Crippen LogP contribution in [-0.4, -0.2) is 26.1 Å². The van der Waals surface area contributed by atoms with E-state index < -0.39 is 5.97 Å². The number of hydrogen-bond acceptors (Lipinski definition) is 6. The van der Waals surface area contributed by atoms with Crippen LogP contribution in [0.4, 0.5) is 0 Å². The van der Waals surface area contributed by atoms with Crippen LogP contribution in [0.1, 0.15) is 27.6 Å². The van der Waals surface area contributed by atoms with Gasteiger partial charge < -0.3 is 9.26 Å². The third-order valence-electron chi connectivity index (χ3n) is 3.04. The van der Waals surface area contributed by atoms with Crippen molar-refractivity contribution in [1.29, 1.82) is 0 Å². The summed E-state index contributed by atoms with van der Waals surface area (Å²) in [5, 5.41) is 12.7. The van der Waals surface area contributed by atoms with Crippen molar-refractivity contribution >= 4 is 17.6 Å². The highest BCUT2D eigenvalue weighted by molar-refractivity contribution is 6.30. The molecule has 3 rings (SSSR count). The lowest BCUT2D eigenvalue weighted by Crippen LogP contribution is -2.08. The maximum Gasteiger partial charge on any atom is 0.361 e. The summed E-state index contributed by atoms with van der Waals surface area (Å²) in [4.78, 5) is 13.5. The zero-order valence-corrected chi connectivity index (χ0v) is 13.2. The Labute approximate surface area is 136 Å². The first-order valence-corrected chi connectivity index (χ1v) is 7.20. The molecule has 0 bridgehead atoms. The predicted octanol–water partition coefficient (Wildman–Crippen LogP) is 2.88. The molecule has 0 fully saturated rings. The summed E-state index contributed by atoms with van der Waals surface area (Å²) in [5.74, 6) is 0.0792. The van der Waals surface area contributed by atoms with Crippen LogP contribution in [0.5, 0.6) is 0 Å². The van der Waals surface area contributed by atoms with Crippen molar-refractivity contribution in [2.24, 2.45) is 0 Å². The van der Waals surface area contributed by atoms with Gasteiger partial charge in [0.15, 0.2) is 5.69 Å². The summed E-state index contributed by atoms with van der Waals surface area (Å²) in [6.45, 7) is 3.46. The first-order valence-electron chi connectivity index (χ1n) is 6.82. The van der Waals surface area contributed by atoms with Gasteiger partial charge in [-0.3, -0.25) is 0 Å². The fourth-order valence-electron chi connectivity index (χ4n) is 1.98. The summed E-state index contributed by atoms with van der Waals surface area (Å²) in [6, 6.07) is 8.72. The molecule has 0 amide bonds. The highest BCUT2D eigenvalue weighted by atomic mass is 35.5. The second-order valence-corrected chi connectivity index (χ2v) is 5.34. The van der Waals surface area contributed by atoms with E-state index in [0.717, 1.165) is 0 Å². The monoisotopic (exact) mass is 332 g/mol. The standard InChI is InChI=1S/C15H13ClN4O3/c1-9-6-12(19-23-9)8-22-15(21)14-10(2)17-20(18-14)13-5-3-4-11(16)7-13/h3-7H,8H2,1-2H3. The topological polar surface area (TPSA) is 83.0 Å². The Bertz CT molecular complexity index is 856. The van der Waals surface area contributed by atoms with Gasteiger partial charge in [-0.1, -0.05) is 22.8 Å². The Morgan fingerprint density at radius 3 is 2.83 bits per heavy atom. The normalized spacial score (nSPS) is 10.7. The van der Waals surface area contributed by atoms with Gasteiger partial charge in [0.1, 0.15) is 18.1 Å². The number of benzene rings is 1. The molecule has 7 nitrogen and oxygen atoms in total. The number of aryl methyl sites for hydroxylation is 2. The van der Waals surface area contributed by atoms with Crippen molar-refractivity contribution in [1.82, 2.24) is 20.2 Å². The molecule has 3 aromatic rings. The van der Waals surface area contributed by atoms with Gasteiger partial charge >= 0.3 is 5.97 Å². The Balaban J connectivity index is 1.76. The molecular weight excluding hydrogens is 320 g/mol. The molecule has 118 valence electrons. The third kappa shape index (κ3) is 3.40. The van der Waals surface area contributed by atoms with E-state index in [9.17, 15) is 4.79 Å². The number of ether oxygens (including phenoxy) is 1. The Hall–Kier alpha value is -2.67. The van der Waals surface area contributed by atoms with Gasteiger partial charge in [0.25, 0.3) is 0 Å². The van der Waals surface area contributed by atoms with Crippen LogP contribution < -0.4 is 0 Å². The van der Waals surface area contributed by atoms with Crippen molar-refractivity contribution in [2.75, 3.05) is 0 Å². The molecule has 0 atom stereocenters. The minimum Gasteiger partial charge on any atom is -0.454 e. The van der Waals surface area contributed by atoms with E-state index in [1.54, 1.807) is 44.2 Å². The van der Waals surface area contributed by atoms with Crippen LogP contribution in [0, 0.1) is 13.8 Å². The molecule has 2 heterocycles. The molecule has 0 radical (unpaired) electrons. The number of rotatable bonds is 4. The maximum atomic E-state index is 12.1. The van der Waals surface area contributed by atoms with Gasteiger partial charge in [0.2, 0.25) is 0 Å². The predicted molar refractivity (Wildman–Crippen MR) is 81.5 cm³/mol. The summed E-state index contributed by atoms with van der Waals surface area (Å²) < 4.78 is 10.1. The quantitative estimate of drug-likeness (QED) is 0.683. The van der Waals surface area contributed by atoms with E-state index >= 15 is 0 Å². The van der Waals surface area contributed by atoms with Crippen LogP contribution >= 0.6 is 11.6 Å². The smallest absolute Gasteiger partial charge is 0.361 e. The zero-order valence-electron chi connectivity index (χ0n) is 12.5. The highest BCUT2D eigenvalue weighted by Crippen LogP contribution is 2.15. The largest absolute Gasteiger partial charge is 0.454 e. The number of esters is 1. The van der Waals surface area contributed by atoms with E-state index in [2.05, 4.69) is 15.4 Å². The van der Waals surface area contributed by atoms with Crippen LogP contribution in [0.2, 0.25) is 5.02 Å². The molecule has 0 aliphatic rings. The minimum absolute atomic E-state index is 0.0135. The summed E-state index contributed by atoms with van der Waals surface area (Å²) in [6.07, 6.45) is 0. The van der Waals surface area contributed by atoms with Crippen LogP contribution in [0.25, 0.3) is 5.69 Å². The minimum atomic E-state index is -0.573. The summed E-state index contributed by atoms with van der Waals surface area (Å²) in [5.41, 5.74) is 1.80. The average molecular weight is 333 g/mol. The zero-order chi connectivity index (χ0) is 16.4. The molecule has 0 spiro atoms. The second kappa shape index (κ2) is 6.21. The number of halogens is 1. The van der Waals surface area contributed by atoms with Gasteiger partial charge in [-0.25, -0.2) is 4.79 Å². The van der Waals surface area contributed by atoms with E-state index in [4.69, 9.17) is 20.9 Å². The molecule has 0 saturated heterocycles. The summed E-state index contributed by atoms with van der Waals surface area (Å²) >= 11 is 5.95. The molecular formula is C15H13ClN4O3. The van der Waals surface area contributed by atoms with E-state index in [-0.39, 0.29) is 12.3 Å². The fraction of sp³-hybridized carbons (Fsp3) is 0.200. The van der Waals surface area contributed by atoms with Crippen LogP contribution in [0.3, 0.4) is 0 Å². The Kier molecular flexibility index (Phi) is 4.12. The number of nitrogens with zero attached hydrogens (tertiary/aromatic N) is 4. The van der Waals surface area contributed by atoms with Crippen molar-refractivity contribution in [3.8, 4) is 5.69 Å². The number of aromatic nitrogens is 4. The van der Waals surface area contributed by atoms with Gasteiger partial charge in [0, 0.05) is 11.1 Å². The highest BCUT2D eigenvalue weighted by Gasteiger charge is 2.18. The number of hydrogen-bond donors (Lipinski definition) is 0. The molecule has 8 heteroatoms. The lowest BCUT2D eigenvalue weighted by molar-refractivity contribution is 0.0456. The second-order valence-electron chi connectivity index (χ2n) is 4.91. The van der Waals surface area contributed by atoms with Crippen molar-refractivity contribution < 1.29 is 14.1 Å². The molecule has 0 saturated carbocycles. The van der Waals surface area contributed by atoms with Crippen molar-refractivity contribution in [3.05, 3.63) is 58.2 Å². The van der Waals surface area contributed by atoms with Gasteiger partial charge in [0.05, 0.1) is 11.4 Å². The molecule has 0 aliphatic carbocycles. The lowest BCUT2D eigenvalue weighted by atomic mass is 10.3. The lowest BCUT2D eigenvalue weighted by Gasteiger charge is -2.00. The van der Waals surface area contributed by atoms with Gasteiger partial charge in [-0.05, 0) is 32.0 Å². The van der Waals surface area contributed by atoms with Crippen molar-refractivity contribution in [3.63, 3.8) is 0 Å². The molecule has 0 unspecified atom stereocenters. The average Bonchev–Trinajstić information content (AvgIpc) is 3.11. The Morgan fingerprint density at radius 2 is 2.13 bits per heavy atom. The molecule has 23 heavy (non-hydrogen) atoms. The first kappa shape index (κ1) is 15.2. The molecule has 0 N–H and O–H groups in total. The van der Waals surface area contributed by atoms with E-state index in [0.29, 0.717) is 27.9 Å². The number of carbonyl (C=O) groups excluding carboxylic acids is 1. The Morgan fingerprint density at radius 1 is 1.30 bits per heavy atom. The van der Waals surface area contributed by atoms with Crippen LogP contribution in [0.15, 0.2) is 34.9 Å². The summed E-state index contributed by atoms with van der Waals surface area (Å²) in [7, 11) is 0. The number of carbonyl (C=O) groups is 1. The SMILES string of the molecule is Cc1cc(COC(=O)c2nn(-c3cccc(Cl)c3)nc2C)no1. The van der Waals surface area contributed by atoms with Gasteiger partial charge in [-0.2, -0.15) is 9.90 Å². The first-order chi connectivity index (χ1) is 11.0. The fourth-order valence-corrected chi connectivity index (χ4v) is 2.16. The molecule has 1 aromatic carbocycles. The van der Waals surface area contributed by atoms with E-state index in [1.807, 2.05) is 0 Å². The van der Waals surface area contributed by atoms with E-state index in [1.165, 1.54) is 4.80 Å². The van der Waals surface area contributed by atoms with Crippen molar-refractivity contribution in [2.45, 2.75) is 20.5 Å². The van der Waals surface area contributed by atoms with Crippen LogP contribution in [-0.2, 0) is 11.3 Å².